The summed E-state index contributed by atoms with van der Waals surface area (Å²) in [6.45, 7) is 5.97. The summed E-state index contributed by atoms with van der Waals surface area (Å²) < 4.78 is 10.4. The average Bonchev–Trinajstić information content (AvgIpc) is 2.35. The molecule has 0 spiro atoms. The van der Waals surface area contributed by atoms with Crippen LogP contribution in [0.1, 0.15) is 17.7 Å². The SMILES string of the molecule is COCCCOCCNCc1ccc(C)nc1. The fourth-order valence-corrected chi connectivity index (χ4v) is 1.39. The van der Waals surface area contributed by atoms with E-state index in [4.69, 9.17) is 9.47 Å². The van der Waals surface area contributed by atoms with Crippen molar-refractivity contribution in [2.75, 3.05) is 33.5 Å². The summed E-state index contributed by atoms with van der Waals surface area (Å²) in [4.78, 5) is 4.24. The Kier molecular flexibility index (Phi) is 7.54. The monoisotopic (exact) mass is 238 g/mol. The van der Waals surface area contributed by atoms with E-state index in [1.54, 1.807) is 7.11 Å². The highest BCUT2D eigenvalue weighted by Crippen LogP contribution is 1.98. The van der Waals surface area contributed by atoms with E-state index in [0.717, 1.165) is 45.0 Å². The third-order valence-electron chi connectivity index (χ3n) is 2.36. The van der Waals surface area contributed by atoms with Gasteiger partial charge in [-0.05, 0) is 25.0 Å². The van der Waals surface area contributed by atoms with E-state index < -0.39 is 0 Å². The molecule has 17 heavy (non-hydrogen) atoms. The van der Waals surface area contributed by atoms with Crippen molar-refractivity contribution in [2.24, 2.45) is 0 Å². The highest BCUT2D eigenvalue weighted by atomic mass is 16.5. The first kappa shape index (κ1) is 14.1. The van der Waals surface area contributed by atoms with E-state index in [-0.39, 0.29) is 0 Å². The second kappa shape index (κ2) is 9.10. The quantitative estimate of drug-likeness (QED) is 0.663. The minimum atomic E-state index is 0.739. The number of aryl methyl sites for hydroxylation is 1. The molecule has 1 aromatic rings. The van der Waals surface area contributed by atoms with E-state index in [1.165, 1.54) is 5.56 Å². The van der Waals surface area contributed by atoms with Crippen LogP contribution in [0.5, 0.6) is 0 Å². The van der Waals surface area contributed by atoms with Crippen LogP contribution in [-0.2, 0) is 16.0 Å². The normalized spacial score (nSPS) is 10.7. The lowest BCUT2D eigenvalue weighted by molar-refractivity contribution is 0.104. The molecule has 1 heterocycles. The molecule has 1 rings (SSSR count). The van der Waals surface area contributed by atoms with Gasteiger partial charge in [-0.25, -0.2) is 0 Å². The van der Waals surface area contributed by atoms with Crippen molar-refractivity contribution < 1.29 is 9.47 Å². The van der Waals surface area contributed by atoms with Crippen LogP contribution >= 0.6 is 0 Å². The average molecular weight is 238 g/mol. The van der Waals surface area contributed by atoms with Crippen molar-refractivity contribution in [3.63, 3.8) is 0 Å². The van der Waals surface area contributed by atoms with Gasteiger partial charge in [0, 0.05) is 45.3 Å². The van der Waals surface area contributed by atoms with Crippen molar-refractivity contribution in [1.82, 2.24) is 10.3 Å². The van der Waals surface area contributed by atoms with E-state index in [2.05, 4.69) is 16.4 Å². The first-order valence-electron chi connectivity index (χ1n) is 6.02. The Hall–Kier alpha value is -0.970. The first-order valence-corrected chi connectivity index (χ1v) is 6.02. The Bertz CT molecular complexity index is 288. The number of methoxy groups -OCH3 is 1. The lowest BCUT2D eigenvalue weighted by atomic mass is 10.2. The van der Waals surface area contributed by atoms with Gasteiger partial charge < -0.3 is 14.8 Å². The molecule has 0 aliphatic rings. The van der Waals surface area contributed by atoms with E-state index >= 15 is 0 Å². The van der Waals surface area contributed by atoms with Gasteiger partial charge in [-0.15, -0.1) is 0 Å². The molecule has 0 unspecified atom stereocenters. The van der Waals surface area contributed by atoms with Crippen LogP contribution < -0.4 is 5.32 Å². The molecular formula is C13H22N2O2. The van der Waals surface area contributed by atoms with Crippen LogP contribution in [0.15, 0.2) is 18.3 Å². The van der Waals surface area contributed by atoms with Gasteiger partial charge in [-0.2, -0.15) is 0 Å². The van der Waals surface area contributed by atoms with Crippen molar-refractivity contribution in [1.29, 1.82) is 0 Å². The maximum absolute atomic E-state index is 5.43. The molecule has 0 saturated carbocycles. The predicted octanol–water partition coefficient (Wildman–Crippen LogP) is 1.53. The van der Waals surface area contributed by atoms with Gasteiger partial charge in [0.1, 0.15) is 0 Å². The molecule has 1 aromatic heterocycles. The van der Waals surface area contributed by atoms with Crippen LogP contribution in [0.3, 0.4) is 0 Å². The third kappa shape index (κ3) is 7.05. The first-order chi connectivity index (χ1) is 8.33. The van der Waals surface area contributed by atoms with E-state index in [0.29, 0.717) is 0 Å². The summed E-state index contributed by atoms with van der Waals surface area (Å²) in [6.07, 6.45) is 2.86. The van der Waals surface area contributed by atoms with Crippen LogP contribution in [0.25, 0.3) is 0 Å². The zero-order valence-corrected chi connectivity index (χ0v) is 10.7. The lowest BCUT2D eigenvalue weighted by Gasteiger charge is -2.06. The molecule has 0 aromatic carbocycles. The fourth-order valence-electron chi connectivity index (χ4n) is 1.39. The molecule has 0 saturated heterocycles. The summed E-state index contributed by atoms with van der Waals surface area (Å²) in [5.41, 5.74) is 2.25. The van der Waals surface area contributed by atoms with Gasteiger partial charge in [0.05, 0.1) is 6.61 Å². The Morgan fingerprint density at radius 1 is 1.24 bits per heavy atom. The summed E-state index contributed by atoms with van der Waals surface area (Å²) >= 11 is 0. The summed E-state index contributed by atoms with van der Waals surface area (Å²) in [5.74, 6) is 0. The van der Waals surface area contributed by atoms with Crippen LogP contribution in [0.2, 0.25) is 0 Å². The number of aromatic nitrogens is 1. The fraction of sp³-hybridized carbons (Fsp3) is 0.615. The molecule has 0 bridgehead atoms. The zero-order chi connectivity index (χ0) is 12.3. The molecule has 0 aliphatic carbocycles. The molecule has 96 valence electrons. The Balaban J connectivity index is 1.95. The molecule has 0 fully saturated rings. The van der Waals surface area contributed by atoms with Crippen molar-refractivity contribution in [2.45, 2.75) is 19.9 Å². The second-order valence-electron chi connectivity index (χ2n) is 3.94. The molecule has 4 heteroatoms. The summed E-state index contributed by atoms with van der Waals surface area (Å²) in [6, 6.07) is 4.12. The molecular weight excluding hydrogens is 216 g/mol. The Morgan fingerprint density at radius 2 is 2.12 bits per heavy atom. The number of hydrogen-bond acceptors (Lipinski definition) is 4. The molecule has 0 amide bonds. The van der Waals surface area contributed by atoms with Gasteiger partial charge in [0.15, 0.2) is 0 Å². The smallest absolute Gasteiger partial charge is 0.0591 e. The molecule has 0 atom stereocenters. The van der Waals surface area contributed by atoms with Crippen LogP contribution in [-0.4, -0.2) is 38.5 Å². The highest BCUT2D eigenvalue weighted by Gasteiger charge is 1.93. The van der Waals surface area contributed by atoms with Crippen molar-refractivity contribution >= 4 is 0 Å². The Morgan fingerprint density at radius 3 is 2.82 bits per heavy atom. The molecule has 4 nitrogen and oxygen atoms in total. The van der Waals surface area contributed by atoms with E-state index in [9.17, 15) is 0 Å². The summed E-state index contributed by atoms with van der Waals surface area (Å²) in [5, 5.41) is 3.32. The number of nitrogens with zero attached hydrogens (tertiary/aromatic N) is 1. The van der Waals surface area contributed by atoms with Gasteiger partial charge in [-0.1, -0.05) is 6.07 Å². The third-order valence-corrected chi connectivity index (χ3v) is 2.36. The molecule has 0 radical (unpaired) electrons. The lowest BCUT2D eigenvalue weighted by Crippen LogP contribution is -2.19. The summed E-state index contributed by atoms with van der Waals surface area (Å²) in [7, 11) is 1.71. The van der Waals surface area contributed by atoms with Gasteiger partial charge in [0.25, 0.3) is 0 Å². The minimum absolute atomic E-state index is 0.739. The minimum Gasteiger partial charge on any atom is -0.385 e. The number of hydrogen-bond donors (Lipinski definition) is 1. The number of ether oxygens (including phenoxy) is 2. The van der Waals surface area contributed by atoms with Crippen molar-refractivity contribution in [3.8, 4) is 0 Å². The van der Waals surface area contributed by atoms with Crippen LogP contribution in [0.4, 0.5) is 0 Å². The largest absolute Gasteiger partial charge is 0.385 e. The predicted molar refractivity (Wildman–Crippen MR) is 68.0 cm³/mol. The number of rotatable bonds is 9. The second-order valence-corrected chi connectivity index (χ2v) is 3.94. The van der Waals surface area contributed by atoms with Crippen molar-refractivity contribution in [3.05, 3.63) is 29.6 Å². The molecule has 1 N–H and O–H groups in total. The van der Waals surface area contributed by atoms with Gasteiger partial charge in [-0.3, -0.25) is 4.98 Å². The maximum Gasteiger partial charge on any atom is 0.0591 e. The van der Waals surface area contributed by atoms with Crippen LogP contribution in [0, 0.1) is 6.92 Å². The topological polar surface area (TPSA) is 43.4 Å². The van der Waals surface area contributed by atoms with E-state index in [1.807, 2.05) is 19.2 Å². The Labute approximate surface area is 103 Å². The maximum atomic E-state index is 5.43. The van der Waals surface area contributed by atoms with Gasteiger partial charge in [0.2, 0.25) is 0 Å². The number of pyridine rings is 1. The molecule has 0 aliphatic heterocycles. The standard InChI is InChI=1S/C13H22N2O2/c1-12-4-5-13(11-15-12)10-14-6-9-17-8-3-7-16-2/h4-5,11,14H,3,6-10H2,1-2H3. The van der Waals surface area contributed by atoms with Gasteiger partial charge >= 0.3 is 0 Å². The highest BCUT2D eigenvalue weighted by molar-refractivity contribution is 5.12. The zero-order valence-electron chi connectivity index (χ0n) is 10.7. The number of nitrogens with one attached hydrogen (secondary N) is 1.